The minimum atomic E-state index is -0.447. The molecule has 98 valence electrons. The molecule has 2 rings (SSSR count). The van der Waals surface area contributed by atoms with Crippen LogP contribution in [0.4, 0.5) is 10.1 Å². The maximum atomic E-state index is 13.1. The molecule has 0 aromatic heterocycles. The lowest BCUT2D eigenvalue weighted by Crippen LogP contribution is -2.23. The first-order valence-electron chi connectivity index (χ1n) is 5.64. The fourth-order valence-corrected chi connectivity index (χ4v) is 2.08. The van der Waals surface area contributed by atoms with Gasteiger partial charge in [-0.1, -0.05) is 12.1 Å². The summed E-state index contributed by atoms with van der Waals surface area (Å²) >= 11 is 3.22. The van der Waals surface area contributed by atoms with Crippen molar-refractivity contribution in [3.8, 4) is 0 Å². The second-order valence-electron chi connectivity index (χ2n) is 4.05. The van der Waals surface area contributed by atoms with E-state index in [1.54, 1.807) is 12.1 Å². The molecule has 2 aromatic rings. The highest BCUT2D eigenvalue weighted by Crippen LogP contribution is 2.17. The Morgan fingerprint density at radius 2 is 2.05 bits per heavy atom. The topological polar surface area (TPSA) is 55.1 Å². The molecule has 3 nitrogen and oxygen atoms in total. The van der Waals surface area contributed by atoms with Gasteiger partial charge >= 0.3 is 0 Å². The molecule has 0 unspecified atom stereocenters. The Hall–Kier alpha value is -1.88. The van der Waals surface area contributed by atoms with Crippen LogP contribution in [0.25, 0.3) is 0 Å². The van der Waals surface area contributed by atoms with E-state index in [0.29, 0.717) is 16.7 Å². The second-order valence-corrected chi connectivity index (χ2v) is 4.91. The lowest BCUT2D eigenvalue weighted by Gasteiger charge is -2.07. The van der Waals surface area contributed by atoms with E-state index in [0.717, 1.165) is 5.56 Å². The van der Waals surface area contributed by atoms with Crippen molar-refractivity contribution in [2.24, 2.45) is 0 Å². The average molecular weight is 323 g/mol. The second kappa shape index (κ2) is 5.84. The van der Waals surface area contributed by atoms with Gasteiger partial charge in [0.1, 0.15) is 5.82 Å². The minimum Gasteiger partial charge on any atom is -0.399 e. The zero-order chi connectivity index (χ0) is 13.8. The van der Waals surface area contributed by atoms with E-state index < -0.39 is 5.82 Å². The molecule has 5 heteroatoms. The third-order valence-electron chi connectivity index (χ3n) is 2.58. The van der Waals surface area contributed by atoms with Crippen LogP contribution in [0.1, 0.15) is 15.9 Å². The smallest absolute Gasteiger partial charge is 0.252 e. The van der Waals surface area contributed by atoms with Gasteiger partial charge in [-0.05, 0) is 51.8 Å². The maximum Gasteiger partial charge on any atom is 0.252 e. The summed E-state index contributed by atoms with van der Waals surface area (Å²) < 4.78 is 13.7. The largest absolute Gasteiger partial charge is 0.399 e. The van der Waals surface area contributed by atoms with Gasteiger partial charge in [-0.25, -0.2) is 4.39 Å². The van der Waals surface area contributed by atoms with E-state index in [4.69, 9.17) is 5.73 Å². The van der Waals surface area contributed by atoms with Gasteiger partial charge < -0.3 is 11.1 Å². The van der Waals surface area contributed by atoms with Gasteiger partial charge in [0.2, 0.25) is 0 Å². The summed E-state index contributed by atoms with van der Waals surface area (Å²) in [6, 6.07) is 11.2. The number of hydrogen-bond donors (Lipinski definition) is 2. The normalized spacial score (nSPS) is 10.2. The number of hydrogen-bond acceptors (Lipinski definition) is 2. The molecular formula is C14H12BrFN2O. The molecule has 0 radical (unpaired) electrons. The zero-order valence-electron chi connectivity index (χ0n) is 9.99. The van der Waals surface area contributed by atoms with Crippen molar-refractivity contribution in [1.82, 2.24) is 5.32 Å². The Morgan fingerprint density at radius 1 is 1.26 bits per heavy atom. The van der Waals surface area contributed by atoms with Crippen LogP contribution < -0.4 is 11.1 Å². The van der Waals surface area contributed by atoms with E-state index in [2.05, 4.69) is 21.2 Å². The molecule has 1 amide bonds. The molecule has 19 heavy (non-hydrogen) atoms. The number of nitrogen functional groups attached to an aromatic ring is 1. The summed E-state index contributed by atoms with van der Waals surface area (Å²) in [6.45, 7) is 0.340. The number of anilines is 1. The summed E-state index contributed by atoms with van der Waals surface area (Å²) in [6.07, 6.45) is 0. The van der Waals surface area contributed by atoms with Gasteiger partial charge in [0.15, 0.2) is 0 Å². The van der Waals surface area contributed by atoms with E-state index in [1.165, 1.54) is 18.2 Å². The van der Waals surface area contributed by atoms with Crippen molar-refractivity contribution in [3.63, 3.8) is 0 Å². The SMILES string of the molecule is Nc1cccc(CNC(=O)c2cc(F)ccc2Br)c1. The molecule has 3 N–H and O–H groups in total. The lowest BCUT2D eigenvalue weighted by atomic mass is 10.2. The highest BCUT2D eigenvalue weighted by molar-refractivity contribution is 9.10. The highest BCUT2D eigenvalue weighted by Gasteiger charge is 2.10. The number of carbonyl (C=O) groups is 1. The van der Waals surface area contributed by atoms with E-state index in [1.807, 2.05) is 12.1 Å². The van der Waals surface area contributed by atoms with Crippen molar-refractivity contribution in [2.45, 2.75) is 6.54 Å². The number of rotatable bonds is 3. The Bertz CT molecular complexity index is 616. The van der Waals surface area contributed by atoms with Crippen molar-refractivity contribution in [3.05, 3.63) is 63.9 Å². The van der Waals surface area contributed by atoms with E-state index in [-0.39, 0.29) is 11.5 Å². The van der Waals surface area contributed by atoms with Crippen LogP contribution in [0.3, 0.4) is 0 Å². The molecule has 0 aliphatic carbocycles. The molecule has 0 aliphatic heterocycles. The van der Waals surface area contributed by atoms with Gasteiger partial charge in [-0.2, -0.15) is 0 Å². The first-order chi connectivity index (χ1) is 9.06. The Morgan fingerprint density at radius 3 is 2.79 bits per heavy atom. The van der Waals surface area contributed by atoms with Crippen LogP contribution in [0, 0.1) is 5.82 Å². The first-order valence-corrected chi connectivity index (χ1v) is 6.43. The third-order valence-corrected chi connectivity index (χ3v) is 3.27. The van der Waals surface area contributed by atoms with Crippen LogP contribution in [0.15, 0.2) is 46.9 Å². The molecule has 0 spiro atoms. The number of nitrogens with one attached hydrogen (secondary N) is 1. The van der Waals surface area contributed by atoms with Crippen molar-refractivity contribution < 1.29 is 9.18 Å². The van der Waals surface area contributed by atoms with Gasteiger partial charge in [0.05, 0.1) is 5.56 Å². The highest BCUT2D eigenvalue weighted by atomic mass is 79.9. The summed E-state index contributed by atoms with van der Waals surface area (Å²) in [4.78, 5) is 11.9. The fraction of sp³-hybridized carbons (Fsp3) is 0.0714. The molecule has 0 saturated carbocycles. The number of carbonyl (C=O) groups excluding carboxylic acids is 1. The number of nitrogens with two attached hydrogens (primary N) is 1. The summed E-state index contributed by atoms with van der Waals surface area (Å²) in [5.41, 5.74) is 7.45. The average Bonchev–Trinajstić information content (AvgIpc) is 2.39. The van der Waals surface area contributed by atoms with Crippen molar-refractivity contribution in [1.29, 1.82) is 0 Å². The third kappa shape index (κ3) is 3.54. The summed E-state index contributed by atoms with van der Waals surface area (Å²) in [5, 5.41) is 2.72. The Kier molecular flexibility index (Phi) is 4.16. The van der Waals surface area contributed by atoms with E-state index >= 15 is 0 Å². The van der Waals surface area contributed by atoms with Crippen LogP contribution in [-0.4, -0.2) is 5.91 Å². The molecule has 2 aromatic carbocycles. The van der Waals surface area contributed by atoms with Crippen molar-refractivity contribution in [2.75, 3.05) is 5.73 Å². The molecule has 0 fully saturated rings. The minimum absolute atomic E-state index is 0.268. The summed E-state index contributed by atoms with van der Waals surface area (Å²) in [7, 11) is 0. The van der Waals surface area contributed by atoms with Crippen LogP contribution in [-0.2, 0) is 6.54 Å². The lowest BCUT2D eigenvalue weighted by molar-refractivity contribution is 0.0949. The van der Waals surface area contributed by atoms with Crippen molar-refractivity contribution >= 4 is 27.5 Å². The van der Waals surface area contributed by atoms with Gasteiger partial charge in [0, 0.05) is 16.7 Å². The Balaban J connectivity index is 2.07. The van der Waals surface area contributed by atoms with E-state index in [9.17, 15) is 9.18 Å². The predicted octanol–water partition coefficient (Wildman–Crippen LogP) is 3.10. The van der Waals surface area contributed by atoms with Gasteiger partial charge in [-0.15, -0.1) is 0 Å². The first kappa shape index (κ1) is 13.5. The zero-order valence-corrected chi connectivity index (χ0v) is 11.6. The molecule has 0 atom stereocenters. The molecule has 0 bridgehead atoms. The molecular weight excluding hydrogens is 311 g/mol. The number of halogens is 2. The molecule has 0 heterocycles. The quantitative estimate of drug-likeness (QED) is 0.853. The molecule has 0 saturated heterocycles. The van der Waals surface area contributed by atoms with Crippen LogP contribution in [0.5, 0.6) is 0 Å². The standard InChI is InChI=1S/C14H12BrFN2O/c15-13-5-4-10(16)7-12(13)14(19)18-8-9-2-1-3-11(17)6-9/h1-7H,8,17H2,(H,18,19). The Labute approximate surface area is 118 Å². The summed E-state index contributed by atoms with van der Waals surface area (Å²) in [5.74, 6) is -0.786. The fourth-order valence-electron chi connectivity index (χ4n) is 1.65. The van der Waals surface area contributed by atoms with Gasteiger partial charge in [-0.3, -0.25) is 4.79 Å². The van der Waals surface area contributed by atoms with Gasteiger partial charge in [0.25, 0.3) is 5.91 Å². The molecule has 0 aliphatic rings. The van der Waals surface area contributed by atoms with Crippen LogP contribution in [0.2, 0.25) is 0 Å². The predicted molar refractivity (Wildman–Crippen MR) is 76.1 cm³/mol. The maximum absolute atomic E-state index is 13.1. The van der Waals surface area contributed by atoms with Crippen LogP contribution >= 0.6 is 15.9 Å². The number of benzene rings is 2. The monoisotopic (exact) mass is 322 g/mol. The number of amides is 1.